The fraction of sp³-hybridized carbons (Fsp3) is 0.538. The van der Waals surface area contributed by atoms with Gasteiger partial charge in [-0.2, -0.15) is 0 Å². The van der Waals surface area contributed by atoms with Crippen molar-refractivity contribution in [3.63, 3.8) is 0 Å². The van der Waals surface area contributed by atoms with E-state index in [1.807, 2.05) is 13.8 Å². The summed E-state index contributed by atoms with van der Waals surface area (Å²) in [5.74, 6) is 0.772. The molecule has 76 valence electrons. The molecule has 0 aliphatic heterocycles. The summed E-state index contributed by atoms with van der Waals surface area (Å²) in [6, 6.07) is 8.51. The van der Waals surface area contributed by atoms with Crippen LogP contribution in [0.2, 0.25) is 0 Å². The average Bonchev–Trinajstić information content (AvgIpc) is 2.85. The molecule has 0 heterocycles. The quantitative estimate of drug-likeness (QED) is 0.777. The summed E-state index contributed by atoms with van der Waals surface area (Å²) >= 11 is 0. The van der Waals surface area contributed by atoms with E-state index in [1.54, 1.807) is 0 Å². The maximum Gasteiger partial charge on any atom is 0.0632 e. The van der Waals surface area contributed by atoms with Crippen LogP contribution in [0.25, 0.3) is 0 Å². The van der Waals surface area contributed by atoms with Crippen molar-refractivity contribution < 1.29 is 5.11 Å². The fourth-order valence-corrected chi connectivity index (χ4v) is 1.95. The van der Waals surface area contributed by atoms with Crippen LogP contribution in [0.5, 0.6) is 0 Å². The molecule has 2 rings (SSSR count). The third kappa shape index (κ3) is 2.36. The lowest BCUT2D eigenvalue weighted by atomic mass is 9.93. The van der Waals surface area contributed by atoms with Gasteiger partial charge in [0.05, 0.1) is 5.60 Å². The maximum absolute atomic E-state index is 9.80. The molecule has 1 aliphatic carbocycles. The van der Waals surface area contributed by atoms with E-state index in [2.05, 4.69) is 24.3 Å². The molecule has 0 aromatic heterocycles. The largest absolute Gasteiger partial charge is 0.390 e. The van der Waals surface area contributed by atoms with Crippen molar-refractivity contribution in [3.8, 4) is 0 Å². The molecule has 0 amide bonds. The maximum atomic E-state index is 9.80. The molecule has 14 heavy (non-hydrogen) atoms. The second-order valence-corrected chi connectivity index (χ2v) is 4.96. The van der Waals surface area contributed by atoms with Gasteiger partial charge < -0.3 is 5.11 Å². The Labute approximate surface area is 85.8 Å². The van der Waals surface area contributed by atoms with Crippen molar-refractivity contribution in [2.45, 2.75) is 44.6 Å². The Morgan fingerprint density at radius 3 is 2.50 bits per heavy atom. The predicted molar refractivity (Wildman–Crippen MR) is 58.4 cm³/mol. The number of rotatable bonds is 3. The summed E-state index contributed by atoms with van der Waals surface area (Å²) in [6.07, 6.45) is 3.41. The molecule has 1 aromatic carbocycles. The summed E-state index contributed by atoms with van der Waals surface area (Å²) in [5.41, 5.74) is 2.18. The Bertz CT molecular complexity index is 318. The minimum absolute atomic E-state index is 0.592. The minimum atomic E-state index is -0.592. The van der Waals surface area contributed by atoms with Crippen LogP contribution < -0.4 is 0 Å². The Morgan fingerprint density at radius 1 is 1.29 bits per heavy atom. The van der Waals surface area contributed by atoms with Gasteiger partial charge in [-0.25, -0.2) is 0 Å². The van der Waals surface area contributed by atoms with E-state index in [0.29, 0.717) is 0 Å². The van der Waals surface area contributed by atoms with E-state index < -0.39 is 5.60 Å². The minimum Gasteiger partial charge on any atom is -0.390 e. The van der Waals surface area contributed by atoms with Gasteiger partial charge in [0, 0.05) is 6.42 Å². The molecular weight excluding hydrogens is 172 g/mol. The highest BCUT2D eigenvalue weighted by Crippen LogP contribution is 2.42. The van der Waals surface area contributed by atoms with Gasteiger partial charge in [0.15, 0.2) is 0 Å². The van der Waals surface area contributed by atoms with Crippen LogP contribution in [-0.4, -0.2) is 10.7 Å². The van der Waals surface area contributed by atoms with Crippen molar-refractivity contribution in [2.24, 2.45) is 0 Å². The summed E-state index contributed by atoms with van der Waals surface area (Å²) < 4.78 is 0. The Hall–Kier alpha value is -0.820. The van der Waals surface area contributed by atoms with Crippen LogP contribution in [0.4, 0.5) is 0 Å². The Morgan fingerprint density at radius 2 is 1.93 bits per heavy atom. The van der Waals surface area contributed by atoms with Gasteiger partial charge in [-0.3, -0.25) is 0 Å². The molecule has 0 atom stereocenters. The van der Waals surface area contributed by atoms with Gasteiger partial charge in [0.1, 0.15) is 0 Å². The van der Waals surface area contributed by atoms with Crippen molar-refractivity contribution in [2.75, 3.05) is 0 Å². The van der Waals surface area contributed by atoms with Gasteiger partial charge in [-0.1, -0.05) is 24.3 Å². The third-order valence-electron chi connectivity index (χ3n) is 2.70. The molecule has 0 spiro atoms. The van der Waals surface area contributed by atoms with E-state index in [9.17, 15) is 5.11 Å². The average molecular weight is 190 g/mol. The second-order valence-electron chi connectivity index (χ2n) is 4.96. The molecule has 1 fully saturated rings. The smallest absolute Gasteiger partial charge is 0.0632 e. The molecule has 1 heteroatoms. The fourth-order valence-electron chi connectivity index (χ4n) is 1.95. The Kier molecular flexibility index (Phi) is 2.36. The van der Waals surface area contributed by atoms with Crippen molar-refractivity contribution in [3.05, 3.63) is 35.4 Å². The third-order valence-corrected chi connectivity index (χ3v) is 2.70. The monoisotopic (exact) mass is 190 g/mol. The Balaban J connectivity index is 2.23. The van der Waals surface area contributed by atoms with Crippen LogP contribution in [-0.2, 0) is 6.42 Å². The number of aliphatic hydroxyl groups is 1. The molecule has 1 N–H and O–H groups in total. The molecule has 1 aliphatic rings. The lowest BCUT2D eigenvalue weighted by molar-refractivity contribution is 0.0808. The molecule has 1 aromatic rings. The van der Waals surface area contributed by atoms with Crippen LogP contribution in [0.15, 0.2) is 24.3 Å². The first-order valence-corrected chi connectivity index (χ1v) is 5.36. The predicted octanol–water partition coefficient (Wildman–Crippen LogP) is 2.88. The number of hydrogen-bond acceptors (Lipinski definition) is 1. The van der Waals surface area contributed by atoms with Gasteiger partial charge >= 0.3 is 0 Å². The highest BCUT2D eigenvalue weighted by molar-refractivity contribution is 5.34. The van der Waals surface area contributed by atoms with Gasteiger partial charge in [0.2, 0.25) is 0 Å². The topological polar surface area (TPSA) is 20.2 Å². The molecule has 0 saturated heterocycles. The van der Waals surface area contributed by atoms with E-state index in [-0.39, 0.29) is 0 Å². The highest BCUT2D eigenvalue weighted by Gasteiger charge is 2.27. The second kappa shape index (κ2) is 3.39. The van der Waals surface area contributed by atoms with Crippen LogP contribution in [0.3, 0.4) is 0 Å². The molecular formula is C13H18O. The standard InChI is InChI=1S/C13H18O/c1-13(2,14)9-11-5-3-4-6-12(11)10-7-8-10/h3-6,10,14H,7-9H2,1-2H3. The number of hydrogen-bond donors (Lipinski definition) is 1. The first-order chi connectivity index (χ1) is 6.56. The van der Waals surface area contributed by atoms with Gasteiger partial charge in [-0.15, -0.1) is 0 Å². The van der Waals surface area contributed by atoms with Crippen molar-refractivity contribution in [1.29, 1.82) is 0 Å². The lowest BCUT2D eigenvalue weighted by Gasteiger charge is -2.19. The summed E-state index contributed by atoms with van der Waals surface area (Å²) in [4.78, 5) is 0. The summed E-state index contributed by atoms with van der Waals surface area (Å²) in [7, 11) is 0. The van der Waals surface area contributed by atoms with E-state index >= 15 is 0 Å². The van der Waals surface area contributed by atoms with Crippen LogP contribution in [0.1, 0.15) is 43.7 Å². The zero-order valence-corrected chi connectivity index (χ0v) is 8.96. The molecule has 0 radical (unpaired) electrons. The summed E-state index contributed by atoms with van der Waals surface area (Å²) in [6.45, 7) is 3.74. The van der Waals surface area contributed by atoms with Crippen molar-refractivity contribution in [1.82, 2.24) is 0 Å². The SMILES string of the molecule is CC(C)(O)Cc1ccccc1C1CC1. The van der Waals surface area contributed by atoms with Crippen molar-refractivity contribution >= 4 is 0 Å². The van der Waals surface area contributed by atoms with E-state index in [0.717, 1.165) is 12.3 Å². The molecule has 0 unspecified atom stereocenters. The first-order valence-electron chi connectivity index (χ1n) is 5.36. The van der Waals surface area contributed by atoms with Crippen LogP contribution >= 0.6 is 0 Å². The summed E-state index contributed by atoms with van der Waals surface area (Å²) in [5, 5.41) is 9.80. The molecule has 1 saturated carbocycles. The normalized spacial score (nSPS) is 17.1. The molecule has 0 bridgehead atoms. The van der Waals surface area contributed by atoms with Gasteiger partial charge in [0.25, 0.3) is 0 Å². The molecule has 1 nitrogen and oxygen atoms in total. The lowest BCUT2D eigenvalue weighted by Crippen LogP contribution is -2.22. The zero-order chi connectivity index (χ0) is 10.2. The van der Waals surface area contributed by atoms with E-state index in [1.165, 1.54) is 24.0 Å². The van der Waals surface area contributed by atoms with Gasteiger partial charge in [-0.05, 0) is 43.7 Å². The highest BCUT2D eigenvalue weighted by atomic mass is 16.3. The number of benzene rings is 1. The zero-order valence-electron chi connectivity index (χ0n) is 8.96. The first kappa shape index (κ1) is 9.72. The van der Waals surface area contributed by atoms with E-state index in [4.69, 9.17) is 0 Å². The van der Waals surface area contributed by atoms with Crippen LogP contribution in [0, 0.1) is 0 Å².